The van der Waals surface area contributed by atoms with Crippen molar-refractivity contribution in [3.05, 3.63) is 81.9 Å². The summed E-state index contributed by atoms with van der Waals surface area (Å²) in [5, 5.41) is 14.9. The van der Waals surface area contributed by atoms with E-state index in [0.29, 0.717) is 28.1 Å². The normalized spacial score (nSPS) is 13.1. The predicted octanol–water partition coefficient (Wildman–Crippen LogP) is 4.70. The summed E-state index contributed by atoms with van der Waals surface area (Å²) in [5.74, 6) is -0.269. The Hall–Kier alpha value is -3.90. The summed E-state index contributed by atoms with van der Waals surface area (Å²) >= 11 is 2.71. The van der Waals surface area contributed by atoms with E-state index in [9.17, 15) is 14.4 Å². The van der Waals surface area contributed by atoms with Gasteiger partial charge in [-0.25, -0.2) is 4.79 Å². The first-order chi connectivity index (χ1) is 19.4. The van der Waals surface area contributed by atoms with Crippen LogP contribution < -0.4 is 10.6 Å². The van der Waals surface area contributed by atoms with Crippen molar-refractivity contribution in [3.8, 4) is 0 Å². The second kappa shape index (κ2) is 12.5. The van der Waals surface area contributed by atoms with Crippen molar-refractivity contribution in [2.75, 3.05) is 11.9 Å². The van der Waals surface area contributed by atoms with E-state index in [0.717, 1.165) is 35.3 Å². The molecule has 0 spiro atoms. The van der Waals surface area contributed by atoms with Gasteiger partial charge in [0.05, 0.1) is 36.8 Å². The van der Waals surface area contributed by atoms with E-state index in [1.165, 1.54) is 29.4 Å². The molecule has 0 saturated heterocycles. The van der Waals surface area contributed by atoms with Gasteiger partial charge in [0.25, 0.3) is 5.91 Å². The molecule has 1 aromatic carbocycles. The van der Waals surface area contributed by atoms with Crippen LogP contribution in [0.5, 0.6) is 0 Å². The largest absolute Gasteiger partial charge is 0.462 e. The number of thiophene rings is 1. The Morgan fingerprint density at radius 2 is 1.98 bits per heavy atom. The molecule has 208 valence electrons. The Bertz CT molecular complexity index is 1500. The number of ether oxygens (including phenoxy) is 1. The molecule has 0 fully saturated rings. The number of aromatic nitrogens is 3. The molecule has 12 heteroatoms. The summed E-state index contributed by atoms with van der Waals surface area (Å²) in [5.41, 5.74) is 2.49. The molecule has 0 bridgehead atoms. The topological polar surface area (TPSA) is 128 Å². The first-order valence-corrected chi connectivity index (χ1v) is 14.7. The smallest absolute Gasteiger partial charge is 0.341 e. The number of fused-ring (bicyclic) bond motifs is 1. The fraction of sp³-hybridized carbons (Fsp3) is 0.321. The molecule has 0 saturated carbocycles. The Balaban J connectivity index is 1.33. The first-order valence-electron chi connectivity index (χ1n) is 13.0. The van der Waals surface area contributed by atoms with Crippen LogP contribution >= 0.6 is 23.1 Å². The minimum absolute atomic E-state index is 0.129. The van der Waals surface area contributed by atoms with Crippen molar-refractivity contribution in [1.29, 1.82) is 0 Å². The summed E-state index contributed by atoms with van der Waals surface area (Å²) in [7, 11) is 0. The predicted molar refractivity (Wildman–Crippen MR) is 152 cm³/mol. The maximum absolute atomic E-state index is 13.3. The van der Waals surface area contributed by atoms with E-state index in [4.69, 9.17) is 9.15 Å². The van der Waals surface area contributed by atoms with Crippen LogP contribution in [0.1, 0.15) is 63.0 Å². The maximum atomic E-state index is 13.3. The average Bonchev–Trinajstić information content (AvgIpc) is 3.74. The van der Waals surface area contributed by atoms with Crippen molar-refractivity contribution in [2.45, 2.75) is 56.6 Å². The quantitative estimate of drug-likeness (QED) is 0.193. The zero-order valence-corrected chi connectivity index (χ0v) is 23.8. The fourth-order valence-corrected chi connectivity index (χ4v) is 6.60. The molecule has 1 aliphatic carbocycles. The summed E-state index contributed by atoms with van der Waals surface area (Å²) in [6.45, 7) is 4.41. The number of hydrogen-bond donors (Lipinski definition) is 2. The van der Waals surface area contributed by atoms with Crippen LogP contribution in [0.15, 0.2) is 58.3 Å². The van der Waals surface area contributed by atoms with Crippen molar-refractivity contribution < 1.29 is 23.5 Å². The lowest BCUT2D eigenvalue weighted by Gasteiger charge is -2.14. The lowest BCUT2D eigenvalue weighted by atomic mass is 10.1. The highest BCUT2D eigenvalue weighted by molar-refractivity contribution is 8.00. The second-order valence-corrected chi connectivity index (χ2v) is 11.6. The van der Waals surface area contributed by atoms with Crippen LogP contribution in [0.4, 0.5) is 5.00 Å². The molecular weight excluding hydrogens is 550 g/mol. The van der Waals surface area contributed by atoms with Crippen LogP contribution in [-0.2, 0) is 35.5 Å². The van der Waals surface area contributed by atoms with Crippen LogP contribution in [0.2, 0.25) is 0 Å². The number of furan rings is 1. The number of nitrogens with zero attached hydrogens (tertiary/aromatic N) is 3. The third-order valence-corrected chi connectivity index (χ3v) is 8.71. The lowest BCUT2D eigenvalue weighted by molar-refractivity contribution is -0.115. The number of aryl methyl sites for hydroxylation is 1. The van der Waals surface area contributed by atoms with Crippen molar-refractivity contribution in [3.63, 3.8) is 0 Å². The van der Waals surface area contributed by atoms with Crippen LogP contribution in [0, 0.1) is 0 Å². The van der Waals surface area contributed by atoms with Gasteiger partial charge in [-0.1, -0.05) is 42.1 Å². The number of nitrogens with one attached hydrogen (secondary N) is 2. The molecule has 1 aliphatic rings. The van der Waals surface area contributed by atoms with E-state index in [1.807, 2.05) is 34.9 Å². The van der Waals surface area contributed by atoms with E-state index in [2.05, 4.69) is 20.8 Å². The van der Waals surface area contributed by atoms with Gasteiger partial charge in [0, 0.05) is 4.88 Å². The van der Waals surface area contributed by atoms with Crippen LogP contribution in [-0.4, -0.2) is 44.4 Å². The summed E-state index contributed by atoms with van der Waals surface area (Å²) in [6, 6.07) is 13.0. The third-order valence-electron chi connectivity index (χ3n) is 6.42. The van der Waals surface area contributed by atoms with Gasteiger partial charge >= 0.3 is 5.97 Å². The lowest BCUT2D eigenvalue weighted by Crippen LogP contribution is -2.25. The molecule has 10 nitrogen and oxygen atoms in total. The molecule has 2 N–H and O–H groups in total. The molecule has 2 amide bonds. The molecule has 3 heterocycles. The standard InChI is InChI=1S/C28H29N5O5S2/c1-3-37-27(36)23-19-11-7-13-21(19)40-26(23)30-24(34)17(2)39-28-32-31-22(15-29-25(35)20-12-8-14-38-20)33(28)16-18-9-5-4-6-10-18/h4-6,8-10,12,14,17H,3,7,11,13,15-16H2,1-2H3,(H,29,35)(H,30,34). The maximum Gasteiger partial charge on any atom is 0.341 e. The zero-order chi connectivity index (χ0) is 28.1. The highest BCUT2D eigenvalue weighted by atomic mass is 32.2. The van der Waals surface area contributed by atoms with Gasteiger partial charge < -0.3 is 24.4 Å². The van der Waals surface area contributed by atoms with Crippen molar-refractivity contribution in [2.24, 2.45) is 0 Å². The van der Waals surface area contributed by atoms with Gasteiger partial charge in [-0.15, -0.1) is 21.5 Å². The number of anilines is 1. The summed E-state index contributed by atoms with van der Waals surface area (Å²) in [6.07, 6.45) is 4.14. The highest BCUT2D eigenvalue weighted by Crippen LogP contribution is 2.40. The Morgan fingerprint density at radius 1 is 1.15 bits per heavy atom. The fourth-order valence-electron chi connectivity index (χ4n) is 4.45. The molecule has 40 heavy (non-hydrogen) atoms. The molecule has 0 aliphatic heterocycles. The number of benzene rings is 1. The van der Waals surface area contributed by atoms with E-state index < -0.39 is 11.2 Å². The number of hydrogen-bond acceptors (Lipinski definition) is 9. The van der Waals surface area contributed by atoms with Gasteiger partial charge in [-0.2, -0.15) is 0 Å². The SMILES string of the molecule is CCOC(=O)c1c(NC(=O)C(C)Sc2nnc(CNC(=O)c3ccco3)n2Cc2ccccc2)sc2c1CCC2. The van der Waals surface area contributed by atoms with Crippen LogP contribution in [0.25, 0.3) is 0 Å². The zero-order valence-electron chi connectivity index (χ0n) is 22.1. The number of carbonyl (C=O) groups is 3. The van der Waals surface area contributed by atoms with E-state index >= 15 is 0 Å². The molecule has 3 aromatic heterocycles. The molecule has 0 radical (unpaired) electrons. The summed E-state index contributed by atoms with van der Waals surface area (Å²) in [4.78, 5) is 39.5. The molecule has 1 atom stereocenters. The molecule has 5 rings (SSSR count). The van der Waals surface area contributed by atoms with Crippen molar-refractivity contribution >= 4 is 45.9 Å². The van der Waals surface area contributed by atoms with Crippen molar-refractivity contribution in [1.82, 2.24) is 20.1 Å². The summed E-state index contributed by atoms with van der Waals surface area (Å²) < 4.78 is 12.3. The minimum atomic E-state index is -0.545. The van der Waals surface area contributed by atoms with Crippen LogP contribution in [0.3, 0.4) is 0 Å². The monoisotopic (exact) mass is 579 g/mol. The van der Waals surface area contributed by atoms with Gasteiger partial charge in [0.2, 0.25) is 5.91 Å². The highest BCUT2D eigenvalue weighted by Gasteiger charge is 2.30. The Morgan fingerprint density at radius 3 is 2.73 bits per heavy atom. The number of amides is 2. The minimum Gasteiger partial charge on any atom is -0.462 e. The van der Waals surface area contributed by atoms with Gasteiger partial charge in [0.1, 0.15) is 5.00 Å². The van der Waals surface area contributed by atoms with Gasteiger partial charge in [0.15, 0.2) is 16.7 Å². The number of esters is 1. The third kappa shape index (κ3) is 6.13. The average molecular weight is 580 g/mol. The van der Waals surface area contributed by atoms with Gasteiger partial charge in [-0.05, 0) is 56.4 Å². The number of rotatable bonds is 11. The number of thioether (sulfide) groups is 1. The molecule has 1 unspecified atom stereocenters. The van der Waals surface area contributed by atoms with Gasteiger partial charge in [-0.3, -0.25) is 9.59 Å². The number of carbonyl (C=O) groups excluding carboxylic acids is 3. The van der Waals surface area contributed by atoms with E-state index in [1.54, 1.807) is 26.0 Å². The second-order valence-electron chi connectivity index (χ2n) is 9.16. The first kappa shape index (κ1) is 27.7. The van der Waals surface area contributed by atoms with E-state index in [-0.39, 0.29) is 30.7 Å². The molecular formula is C28H29N5O5S2. The molecule has 4 aromatic rings. The Kier molecular flexibility index (Phi) is 8.66. The Labute approximate surface area is 239 Å².